The van der Waals surface area contributed by atoms with Gasteiger partial charge in [-0.05, 0) is 50.4 Å². The smallest absolute Gasteiger partial charge is 0.236 e. The van der Waals surface area contributed by atoms with Gasteiger partial charge in [0, 0.05) is 18.7 Å². The van der Waals surface area contributed by atoms with Crippen molar-refractivity contribution in [1.29, 1.82) is 0 Å². The molecule has 0 radical (unpaired) electrons. The second-order valence-electron chi connectivity index (χ2n) is 10.9. The standard InChI is InChI=1S/C31H46N10O5S/c1-7-9-32-24-18-45-13-11-40(24)30-37-29(38-31(39-30)41-12-14-46-19-25(41)33-10-8-2)36-28-34-21(17-26(35-28)47-6)20-15-22(42-3)27(44-5)23(16-20)43-4/h15-17,24-25,32-33H,7-14,18-19H2,1-6H3,(H,34,35,36,37,38,39). The molecule has 0 spiro atoms. The van der Waals surface area contributed by atoms with E-state index in [0.717, 1.165) is 36.5 Å². The number of hydrogen-bond acceptors (Lipinski definition) is 16. The number of hydrogen-bond donors (Lipinski definition) is 3. The highest BCUT2D eigenvalue weighted by atomic mass is 32.2. The van der Waals surface area contributed by atoms with E-state index < -0.39 is 0 Å². The quantitative estimate of drug-likeness (QED) is 0.160. The van der Waals surface area contributed by atoms with Crippen LogP contribution in [0.3, 0.4) is 0 Å². The van der Waals surface area contributed by atoms with Crippen LogP contribution >= 0.6 is 11.8 Å². The van der Waals surface area contributed by atoms with Gasteiger partial charge in [0.15, 0.2) is 11.5 Å². The molecular formula is C31H46N10O5S. The summed E-state index contributed by atoms with van der Waals surface area (Å²) in [5, 5.41) is 11.2. The molecule has 0 bridgehead atoms. The van der Waals surface area contributed by atoms with Crippen molar-refractivity contribution in [3.63, 3.8) is 0 Å². The zero-order chi connectivity index (χ0) is 33.2. The highest BCUT2D eigenvalue weighted by Gasteiger charge is 2.30. The van der Waals surface area contributed by atoms with Crippen LogP contribution in [0.15, 0.2) is 23.2 Å². The van der Waals surface area contributed by atoms with E-state index in [1.807, 2.05) is 24.5 Å². The summed E-state index contributed by atoms with van der Waals surface area (Å²) in [4.78, 5) is 28.7. The van der Waals surface area contributed by atoms with E-state index in [1.165, 1.54) is 11.8 Å². The van der Waals surface area contributed by atoms with E-state index >= 15 is 0 Å². The number of morpholine rings is 2. The first-order valence-corrected chi connectivity index (χ1v) is 17.2. The number of nitrogens with one attached hydrogen (secondary N) is 3. The average Bonchev–Trinajstić information content (AvgIpc) is 3.12. The summed E-state index contributed by atoms with van der Waals surface area (Å²) < 4.78 is 28.4. The summed E-state index contributed by atoms with van der Waals surface area (Å²) >= 11 is 1.51. The third-order valence-electron chi connectivity index (χ3n) is 7.74. The second kappa shape index (κ2) is 16.9. The molecule has 2 saturated heterocycles. The maximum absolute atomic E-state index is 5.82. The predicted octanol–water partition coefficient (Wildman–Crippen LogP) is 3.14. The van der Waals surface area contributed by atoms with E-state index in [4.69, 9.17) is 48.6 Å². The Bertz CT molecular complexity index is 1400. The first-order valence-electron chi connectivity index (χ1n) is 15.9. The fraction of sp³-hybridized carbons (Fsp3) is 0.581. The van der Waals surface area contributed by atoms with E-state index in [-0.39, 0.29) is 12.3 Å². The zero-order valence-corrected chi connectivity index (χ0v) is 28.9. The number of ether oxygens (including phenoxy) is 5. The Morgan fingerprint density at radius 2 is 1.32 bits per heavy atom. The minimum atomic E-state index is -0.0757. The molecule has 2 atom stereocenters. The number of benzene rings is 1. The molecule has 2 aliphatic rings. The monoisotopic (exact) mass is 670 g/mol. The summed E-state index contributed by atoms with van der Waals surface area (Å²) in [6.07, 6.45) is 3.81. The predicted molar refractivity (Wildman–Crippen MR) is 183 cm³/mol. The van der Waals surface area contributed by atoms with Crippen LogP contribution in [0.5, 0.6) is 17.2 Å². The van der Waals surface area contributed by atoms with Crippen molar-refractivity contribution in [3.05, 3.63) is 18.2 Å². The Morgan fingerprint density at radius 3 is 1.81 bits per heavy atom. The molecule has 3 N–H and O–H groups in total. The number of anilines is 4. The van der Waals surface area contributed by atoms with Gasteiger partial charge in [-0.15, -0.1) is 11.8 Å². The summed E-state index contributed by atoms with van der Waals surface area (Å²) in [5.41, 5.74) is 1.43. The van der Waals surface area contributed by atoms with E-state index in [2.05, 4.69) is 39.6 Å². The van der Waals surface area contributed by atoms with Crippen LogP contribution in [0.25, 0.3) is 11.3 Å². The van der Waals surface area contributed by atoms with Crippen LogP contribution in [0.2, 0.25) is 0 Å². The molecule has 2 aromatic heterocycles. The van der Waals surface area contributed by atoms with Crippen LogP contribution in [0, 0.1) is 0 Å². The molecule has 1 aromatic carbocycles. The van der Waals surface area contributed by atoms with Crippen LogP contribution in [0.1, 0.15) is 26.7 Å². The molecular weight excluding hydrogens is 624 g/mol. The largest absolute Gasteiger partial charge is 0.493 e. The van der Waals surface area contributed by atoms with Crippen molar-refractivity contribution in [2.24, 2.45) is 0 Å². The highest BCUT2D eigenvalue weighted by Crippen LogP contribution is 2.41. The molecule has 3 aromatic rings. The molecule has 2 aliphatic heterocycles. The molecule has 0 aliphatic carbocycles. The van der Waals surface area contributed by atoms with Gasteiger partial charge in [-0.25, -0.2) is 9.97 Å². The van der Waals surface area contributed by atoms with Crippen molar-refractivity contribution in [3.8, 4) is 28.5 Å². The SMILES string of the molecule is CCCNC1COCCN1c1nc(Nc2nc(SC)cc(-c3cc(OC)c(OC)c(OC)c3)n2)nc(N2CCOCC2NCCC)n1. The van der Waals surface area contributed by atoms with Crippen molar-refractivity contribution < 1.29 is 23.7 Å². The van der Waals surface area contributed by atoms with Crippen LogP contribution < -0.4 is 40.0 Å². The summed E-state index contributed by atoms with van der Waals surface area (Å²) in [7, 11) is 4.75. The molecule has 2 unspecified atom stereocenters. The Hall–Kier alpha value is -3.70. The van der Waals surface area contributed by atoms with Gasteiger partial charge < -0.3 is 33.5 Å². The maximum atomic E-state index is 5.82. The molecule has 4 heterocycles. The third kappa shape index (κ3) is 8.43. The van der Waals surface area contributed by atoms with Gasteiger partial charge in [0.05, 0.1) is 53.5 Å². The van der Waals surface area contributed by atoms with Crippen LogP contribution in [-0.2, 0) is 9.47 Å². The first kappa shape index (κ1) is 34.6. The van der Waals surface area contributed by atoms with Gasteiger partial charge in [-0.2, -0.15) is 15.0 Å². The number of rotatable bonds is 15. The molecule has 16 heteroatoms. The van der Waals surface area contributed by atoms with Crippen molar-refractivity contribution >= 4 is 35.6 Å². The lowest BCUT2D eigenvalue weighted by atomic mass is 10.1. The van der Waals surface area contributed by atoms with Gasteiger partial charge in [0.1, 0.15) is 17.4 Å². The Labute approximate surface area is 280 Å². The van der Waals surface area contributed by atoms with Gasteiger partial charge in [-0.3, -0.25) is 16.0 Å². The van der Waals surface area contributed by atoms with Gasteiger partial charge >= 0.3 is 0 Å². The highest BCUT2D eigenvalue weighted by molar-refractivity contribution is 7.98. The lowest BCUT2D eigenvalue weighted by molar-refractivity contribution is 0.0819. The van der Waals surface area contributed by atoms with Gasteiger partial charge in [0.25, 0.3) is 0 Å². The molecule has 15 nitrogen and oxygen atoms in total. The minimum absolute atomic E-state index is 0.0757. The van der Waals surface area contributed by atoms with Crippen molar-refractivity contribution in [1.82, 2.24) is 35.6 Å². The van der Waals surface area contributed by atoms with Crippen molar-refractivity contribution in [2.45, 2.75) is 44.0 Å². The number of methoxy groups -OCH3 is 3. The average molecular weight is 671 g/mol. The Balaban J connectivity index is 1.55. The second-order valence-corrected chi connectivity index (χ2v) is 11.7. The molecule has 5 rings (SSSR count). The fourth-order valence-electron chi connectivity index (χ4n) is 5.38. The van der Waals surface area contributed by atoms with E-state index in [9.17, 15) is 0 Å². The lowest BCUT2D eigenvalue weighted by Crippen LogP contribution is -2.55. The summed E-state index contributed by atoms with van der Waals surface area (Å²) in [6, 6.07) is 5.64. The molecule has 0 saturated carbocycles. The van der Waals surface area contributed by atoms with Gasteiger partial charge in [0.2, 0.25) is 29.5 Å². The lowest BCUT2D eigenvalue weighted by Gasteiger charge is -2.38. The Kier molecular flexibility index (Phi) is 12.5. The minimum Gasteiger partial charge on any atom is -0.493 e. The first-order chi connectivity index (χ1) is 23.0. The van der Waals surface area contributed by atoms with E-state index in [1.54, 1.807) is 21.3 Å². The zero-order valence-electron chi connectivity index (χ0n) is 28.0. The normalized spacial score (nSPS) is 18.3. The number of thioether (sulfide) groups is 1. The maximum Gasteiger partial charge on any atom is 0.236 e. The number of nitrogens with zero attached hydrogens (tertiary/aromatic N) is 7. The summed E-state index contributed by atoms with van der Waals surface area (Å²) in [5.74, 6) is 3.32. The molecule has 0 amide bonds. The molecule has 47 heavy (non-hydrogen) atoms. The molecule has 256 valence electrons. The summed E-state index contributed by atoms with van der Waals surface area (Å²) in [6.45, 7) is 9.44. The van der Waals surface area contributed by atoms with Crippen LogP contribution in [0.4, 0.5) is 23.8 Å². The third-order valence-corrected chi connectivity index (χ3v) is 8.37. The van der Waals surface area contributed by atoms with Gasteiger partial charge in [-0.1, -0.05) is 13.8 Å². The molecule has 2 fully saturated rings. The Morgan fingerprint density at radius 1 is 0.766 bits per heavy atom. The van der Waals surface area contributed by atoms with E-state index in [0.29, 0.717) is 86.3 Å². The number of aromatic nitrogens is 5. The van der Waals surface area contributed by atoms with Crippen LogP contribution in [-0.4, -0.2) is 117 Å². The van der Waals surface area contributed by atoms with Crippen molar-refractivity contribution in [2.75, 3.05) is 95.3 Å². The topological polar surface area (TPSA) is 153 Å². The fourth-order valence-corrected chi connectivity index (χ4v) is 5.78.